The average Bonchev–Trinajstić information content (AvgIpc) is 2.95. The normalized spacial score (nSPS) is 18.0. The highest BCUT2D eigenvalue weighted by Crippen LogP contribution is 2.32. The van der Waals surface area contributed by atoms with Gasteiger partial charge in [-0.3, -0.25) is 4.79 Å². The van der Waals surface area contributed by atoms with Crippen LogP contribution in [0.5, 0.6) is 0 Å². The maximum atomic E-state index is 12.5. The second kappa shape index (κ2) is 4.07. The first-order chi connectivity index (χ1) is 9.36. The topological polar surface area (TPSA) is 72.9 Å². The zero-order valence-corrected chi connectivity index (χ0v) is 9.98. The van der Waals surface area contributed by atoms with Crippen LogP contribution in [0.15, 0.2) is 30.6 Å². The Kier molecular flexibility index (Phi) is 2.58. The molecule has 1 amide bonds. The summed E-state index contributed by atoms with van der Waals surface area (Å²) in [5, 5.41) is 6.24. The molecule has 1 aliphatic rings. The van der Waals surface area contributed by atoms with E-state index in [9.17, 15) is 18.0 Å². The zero-order chi connectivity index (χ0) is 14.5. The van der Waals surface area contributed by atoms with Crippen LogP contribution in [0, 0.1) is 0 Å². The third-order valence-electron chi connectivity index (χ3n) is 3.09. The third kappa shape index (κ3) is 1.94. The number of hydrogen-bond donors (Lipinski definition) is 2. The number of carbonyl (C=O) groups is 1. The van der Waals surface area contributed by atoms with Gasteiger partial charge in [-0.1, -0.05) is 6.07 Å². The minimum Gasteiger partial charge on any atom is -0.324 e. The molecule has 5 nitrogen and oxygen atoms in total. The predicted octanol–water partition coefficient (Wildman–Crippen LogP) is 1.84. The molecule has 3 rings (SSSR count). The number of nitrogens with zero attached hydrogens (tertiary/aromatic N) is 2. The van der Waals surface area contributed by atoms with Crippen molar-refractivity contribution >= 4 is 11.6 Å². The number of nitrogens with two attached hydrogens (primary N) is 1. The van der Waals surface area contributed by atoms with Crippen LogP contribution in [-0.2, 0) is 11.0 Å². The molecule has 1 aliphatic heterocycles. The summed E-state index contributed by atoms with van der Waals surface area (Å²) in [4.78, 5) is 11.4. The Morgan fingerprint density at radius 1 is 1.35 bits per heavy atom. The quantitative estimate of drug-likeness (QED) is 0.838. The number of nitrogens with one attached hydrogen (secondary N) is 1. The Balaban J connectivity index is 1.99. The summed E-state index contributed by atoms with van der Waals surface area (Å²) >= 11 is 0. The van der Waals surface area contributed by atoms with Gasteiger partial charge in [0, 0.05) is 17.4 Å². The number of rotatable bonds is 1. The fourth-order valence-corrected chi connectivity index (χ4v) is 2.03. The van der Waals surface area contributed by atoms with E-state index in [1.807, 2.05) is 0 Å². The Hall–Kier alpha value is -2.35. The number of hydrogen-bond acceptors (Lipinski definition) is 3. The second-order valence-electron chi connectivity index (χ2n) is 4.41. The van der Waals surface area contributed by atoms with E-state index in [-0.39, 0.29) is 5.91 Å². The van der Waals surface area contributed by atoms with Crippen molar-refractivity contribution in [2.75, 3.05) is 5.32 Å². The monoisotopic (exact) mass is 282 g/mol. The third-order valence-corrected chi connectivity index (χ3v) is 3.09. The fourth-order valence-electron chi connectivity index (χ4n) is 2.03. The Labute approximate surface area is 111 Å². The minimum atomic E-state index is -4.44. The van der Waals surface area contributed by atoms with Gasteiger partial charge >= 0.3 is 6.18 Å². The van der Waals surface area contributed by atoms with Crippen molar-refractivity contribution in [2.24, 2.45) is 5.73 Å². The van der Waals surface area contributed by atoms with Crippen molar-refractivity contribution in [3.05, 3.63) is 41.7 Å². The van der Waals surface area contributed by atoms with Crippen molar-refractivity contribution in [1.29, 1.82) is 0 Å². The molecule has 1 unspecified atom stereocenters. The van der Waals surface area contributed by atoms with Gasteiger partial charge < -0.3 is 11.1 Å². The summed E-state index contributed by atoms with van der Waals surface area (Å²) in [5.41, 5.74) is 6.34. The molecule has 0 fully saturated rings. The lowest BCUT2D eigenvalue weighted by Gasteiger charge is -2.05. The van der Waals surface area contributed by atoms with Gasteiger partial charge in [0.15, 0.2) is 0 Å². The molecule has 0 spiro atoms. The van der Waals surface area contributed by atoms with E-state index < -0.39 is 17.8 Å². The number of benzene rings is 1. The summed E-state index contributed by atoms with van der Waals surface area (Å²) in [6, 6.07) is 3.95. The lowest BCUT2D eigenvalue weighted by Crippen LogP contribution is -2.19. The van der Waals surface area contributed by atoms with Gasteiger partial charge in [-0.25, -0.2) is 4.68 Å². The average molecular weight is 282 g/mol. The van der Waals surface area contributed by atoms with Crippen molar-refractivity contribution in [2.45, 2.75) is 12.2 Å². The number of fused-ring (bicyclic) bond motifs is 1. The zero-order valence-electron chi connectivity index (χ0n) is 9.98. The summed E-state index contributed by atoms with van der Waals surface area (Å²) in [6.07, 6.45) is -2.80. The molecule has 3 N–H and O–H groups in total. The molecule has 104 valence electrons. The van der Waals surface area contributed by atoms with Gasteiger partial charge in [0.05, 0.1) is 17.4 Å². The Bertz CT molecular complexity index is 692. The van der Waals surface area contributed by atoms with Crippen LogP contribution in [0.25, 0.3) is 5.69 Å². The van der Waals surface area contributed by atoms with Gasteiger partial charge in [-0.15, -0.1) is 0 Å². The van der Waals surface area contributed by atoms with Crippen LogP contribution in [0.4, 0.5) is 18.9 Å². The second-order valence-corrected chi connectivity index (χ2v) is 4.41. The smallest absolute Gasteiger partial charge is 0.324 e. The first-order valence-corrected chi connectivity index (χ1v) is 5.69. The van der Waals surface area contributed by atoms with Crippen LogP contribution in [-0.4, -0.2) is 15.7 Å². The van der Waals surface area contributed by atoms with Crippen LogP contribution < -0.4 is 11.1 Å². The molecule has 2 aromatic rings. The predicted molar refractivity (Wildman–Crippen MR) is 64.1 cm³/mol. The number of aromatic nitrogens is 2. The molecule has 0 saturated carbocycles. The first-order valence-electron chi connectivity index (χ1n) is 5.69. The van der Waals surface area contributed by atoms with E-state index in [0.29, 0.717) is 16.9 Å². The highest BCUT2D eigenvalue weighted by molar-refractivity contribution is 6.02. The number of carbonyl (C=O) groups excluding carboxylic acids is 1. The summed E-state index contributed by atoms with van der Waals surface area (Å²) in [5.74, 6) is -0.339. The molecule has 8 heteroatoms. The SMILES string of the molecule is NC1C(=O)Nc2cc(-n3cc(C(F)(F)F)cn3)ccc21. The van der Waals surface area contributed by atoms with Crippen LogP contribution in [0.2, 0.25) is 0 Å². The molecule has 1 atom stereocenters. The van der Waals surface area contributed by atoms with E-state index in [1.54, 1.807) is 12.1 Å². The van der Waals surface area contributed by atoms with Gasteiger partial charge in [0.25, 0.3) is 0 Å². The molecular formula is C12H9F3N4O. The molecule has 1 aromatic carbocycles. The van der Waals surface area contributed by atoms with Gasteiger partial charge in [-0.05, 0) is 12.1 Å². The van der Waals surface area contributed by atoms with E-state index >= 15 is 0 Å². The van der Waals surface area contributed by atoms with Crippen molar-refractivity contribution in [1.82, 2.24) is 9.78 Å². The largest absolute Gasteiger partial charge is 0.419 e. The molecule has 0 saturated heterocycles. The molecular weight excluding hydrogens is 273 g/mol. The molecule has 1 aromatic heterocycles. The summed E-state index contributed by atoms with van der Waals surface area (Å²) in [6.45, 7) is 0. The van der Waals surface area contributed by atoms with E-state index in [4.69, 9.17) is 5.73 Å². The van der Waals surface area contributed by atoms with E-state index in [0.717, 1.165) is 17.1 Å². The number of anilines is 1. The maximum absolute atomic E-state index is 12.5. The highest BCUT2D eigenvalue weighted by Gasteiger charge is 2.32. The Morgan fingerprint density at radius 2 is 2.10 bits per heavy atom. The molecule has 2 heterocycles. The lowest BCUT2D eigenvalue weighted by molar-refractivity contribution is -0.137. The van der Waals surface area contributed by atoms with E-state index in [1.165, 1.54) is 6.07 Å². The summed E-state index contributed by atoms with van der Waals surface area (Å²) in [7, 11) is 0. The summed E-state index contributed by atoms with van der Waals surface area (Å²) < 4.78 is 38.6. The van der Waals surface area contributed by atoms with Gasteiger partial charge in [0.2, 0.25) is 5.91 Å². The molecule has 0 radical (unpaired) electrons. The van der Waals surface area contributed by atoms with Crippen molar-refractivity contribution in [3.8, 4) is 5.69 Å². The number of amides is 1. The highest BCUT2D eigenvalue weighted by atomic mass is 19.4. The minimum absolute atomic E-state index is 0.339. The number of halogens is 3. The van der Waals surface area contributed by atoms with Crippen LogP contribution >= 0.6 is 0 Å². The van der Waals surface area contributed by atoms with Crippen LogP contribution in [0.1, 0.15) is 17.2 Å². The maximum Gasteiger partial charge on any atom is 0.419 e. The first kappa shape index (κ1) is 12.7. The molecule has 20 heavy (non-hydrogen) atoms. The van der Waals surface area contributed by atoms with Gasteiger partial charge in [-0.2, -0.15) is 18.3 Å². The van der Waals surface area contributed by atoms with Crippen LogP contribution in [0.3, 0.4) is 0 Å². The molecule has 0 bridgehead atoms. The van der Waals surface area contributed by atoms with Crippen molar-refractivity contribution < 1.29 is 18.0 Å². The standard InChI is InChI=1S/C12H9F3N4O/c13-12(14,15)6-4-17-19(5-6)7-1-2-8-9(3-7)18-11(20)10(8)16/h1-5,10H,16H2,(H,18,20). The van der Waals surface area contributed by atoms with Gasteiger partial charge in [0.1, 0.15) is 6.04 Å². The molecule has 0 aliphatic carbocycles. The Morgan fingerprint density at radius 3 is 2.75 bits per heavy atom. The lowest BCUT2D eigenvalue weighted by atomic mass is 10.1. The van der Waals surface area contributed by atoms with E-state index in [2.05, 4.69) is 10.4 Å². The fraction of sp³-hybridized carbons (Fsp3) is 0.167. The number of alkyl halides is 3. The van der Waals surface area contributed by atoms with Crippen molar-refractivity contribution in [3.63, 3.8) is 0 Å².